The van der Waals surface area contributed by atoms with Gasteiger partial charge in [0.25, 0.3) is 5.91 Å². The van der Waals surface area contributed by atoms with E-state index in [9.17, 15) is 9.59 Å². The van der Waals surface area contributed by atoms with Crippen molar-refractivity contribution in [2.75, 3.05) is 4.90 Å². The SMILES string of the molecule is O=C1C=c2c(N3C(=O)Cc4ccccc43)cccc2=N1. The monoisotopic (exact) mass is 262 g/mol. The van der Waals surface area contributed by atoms with Gasteiger partial charge in [-0.05, 0) is 23.8 Å². The lowest BCUT2D eigenvalue weighted by atomic mass is 10.1. The molecule has 0 saturated heterocycles. The van der Waals surface area contributed by atoms with Gasteiger partial charge < -0.3 is 0 Å². The summed E-state index contributed by atoms with van der Waals surface area (Å²) in [5.74, 6) is -0.250. The molecule has 0 aromatic heterocycles. The molecule has 0 fully saturated rings. The van der Waals surface area contributed by atoms with Crippen molar-refractivity contribution in [3.8, 4) is 0 Å². The number of benzene rings is 2. The highest BCUT2D eigenvalue weighted by molar-refractivity contribution is 6.10. The Balaban J connectivity index is 2.00. The molecule has 96 valence electrons. The standard InChI is InChI=1S/C16H10N2O2/c19-15-9-11-12(17-15)5-3-7-14(11)18-13-6-2-1-4-10(13)8-16(18)20/h1-7,9H,8H2. The molecule has 0 N–H and O–H groups in total. The van der Waals surface area contributed by atoms with Crippen LogP contribution in [0.25, 0.3) is 6.08 Å². The summed E-state index contributed by atoms with van der Waals surface area (Å²) >= 11 is 0. The lowest BCUT2D eigenvalue weighted by molar-refractivity contribution is -0.116. The second-order valence-electron chi connectivity index (χ2n) is 4.84. The molecule has 2 aliphatic heterocycles. The minimum Gasteiger partial charge on any atom is -0.280 e. The van der Waals surface area contributed by atoms with Gasteiger partial charge in [0.1, 0.15) is 0 Å². The highest BCUT2D eigenvalue weighted by Gasteiger charge is 2.29. The number of nitrogens with zero attached hydrogens (tertiary/aromatic N) is 2. The van der Waals surface area contributed by atoms with Gasteiger partial charge >= 0.3 is 0 Å². The number of rotatable bonds is 1. The number of anilines is 2. The number of carbonyl (C=O) groups is 2. The van der Waals surface area contributed by atoms with Gasteiger partial charge in [-0.15, -0.1) is 0 Å². The maximum atomic E-state index is 12.3. The second-order valence-corrected chi connectivity index (χ2v) is 4.84. The van der Waals surface area contributed by atoms with E-state index in [-0.39, 0.29) is 11.8 Å². The first-order chi connectivity index (χ1) is 9.74. The van der Waals surface area contributed by atoms with Gasteiger partial charge in [-0.3, -0.25) is 14.5 Å². The summed E-state index contributed by atoms with van der Waals surface area (Å²) < 4.78 is 0. The van der Waals surface area contributed by atoms with Crippen molar-refractivity contribution < 1.29 is 9.59 Å². The molecule has 0 saturated carbocycles. The summed E-state index contributed by atoms with van der Waals surface area (Å²) in [6.45, 7) is 0. The predicted molar refractivity (Wildman–Crippen MR) is 74.0 cm³/mol. The van der Waals surface area contributed by atoms with Crippen LogP contribution in [-0.4, -0.2) is 11.8 Å². The third-order valence-corrected chi connectivity index (χ3v) is 3.62. The Labute approximate surface area is 114 Å². The highest BCUT2D eigenvalue weighted by atomic mass is 16.2. The van der Waals surface area contributed by atoms with Crippen molar-refractivity contribution in [3.05, 3.63) is 58.6 Å². The van der Waals surface area contributed by atoms with Gasteiger partial charge in [0.15, 0.2) is 0 Å². The lowest BCUT2D eigenvalue weighted by Crippen LogP contribution is -2.32. The van der Waals surface area contributed by atoms with Gasteiger partial charge in [-0.1, -0.05) is 24.3 Å². The first kappa shape index (κ1) is 11.1. The number of para-hydroxylation sites is 1. The number of fused-ring (bicyclic) bond motifs is 2. The van der Waals surface area contributed by atoms with E-state index in [1.807, 2.05) is 36.4 Å². The molecule has 2 aromatic rings. The third-order valence-electron chi connectivity index (χ3n) is 3.62. The highest BCUT2D eigenvalue weighted by Crippen LogP contribution is 2.33. The van der Waals surface area contributed by atoms with Crippen LogP contribution in [0, 0.1) is 0 Å². The van der Waals surface area contributed by atoms with Crippen LogP contribution < -0.4 is 15.5 Å². The van der Waals surface area contributed by atoms with Gasteiger partial charge in [0, 0.05) is 11.3 Å². The Bertz CT molecular complexity index is 884. The van der Waals surface area contributed by atoms with Gasteiger partial charge in [-0.25, -0.2) is 4.99 Å². The van der Waals surface area contributed by atoms with Crippen molar-refractivity contribution in [1.29, 1.82) is 0 Å². The van der Waals surface area contributed by atoms with Crippen LogP contribution in [-0.2, 0) is 16.0 Å². The summed E-state index contributed by atoms with van der Waals surface area (Å²) in [5.41, 5.74) is 2.63. The van der Waals surface area contributed by atoms with E-state index < -0.39 is 0 Å². The Kier molecular flexibility index (Phi) is 2.15. The van der Waals surface area contributed by atoms with Crippen molar-refractivity contribution in [2.45, 2.75) is 6.42 Å². The van der Waals surface area contributed by atoms with Gasteiger partial charge in [-0.2, -0.15) is 0 Å². The van der Waals surface area contributed by atoms with Crippen molar-refractivity contribution >= 4 is 29.3 Å². The molecule has 2 aromatic carbocycles. The molecule has 0 atom stereocenters. The summed E-state index contributed by atoms with van der Waals surface area (Å²) in [7, 11) is 0. The van der Waals surface area contributed by atoms with Crippen LogP contribution in [0.2, 0.25) is 0 Å². The summed E-state index contributed by atoms with van der Waals surface area (Å²) in [6.07, 6.45) is 1.88. The molecular weight excluding hydrogens is 252 g/mol. The van der Waals surface area contributed by atoms with E-state index in [1.54, 1.807) is 11.0 Å². The molecule has 0 bridgehead atoms. The quantitative estimate of drug-likeness (QED) is 0.765. The number of hydrogen-bond donors (Lipinski definition) is 0. The molecular formula is C16H10N2O2. The fourth-order valence-corrected chi connectivity index (χ4v) is 2.77. The molecule has 4 rings (SSSR count). The smallest absolute Gasteiger partial charge is 0.271 e. The Morgan fingerprint density at radius 1 is 0.950 bits per heavy atom. The largest absolute Gasteiger partial charge is 0.280 e. The topological polar surface area (TPSA) is 49.7 Å². The minimum absolute atomic E-state index is 0.0207. The summed E-state index contributed by atoms with van der Waals surface area (Å²) in [5, 5.41) is 1.35. The van der Waals surface area contributed by atoms with Crippen LogP contribution in [0.4, 0.5) is 11.4 Å². The molecule has 4 heteroatoms. The maximum Gasteiger partial charge on any atom is 0.271 e. The zero-order valence-electron chi connectivity index (χ0n) is 10.5. The first-order valence-electron chi connectivity index (χ1n) is 6.38. The number of hydrogen-bond acceptors (Lipinski definition) is 2. The molecule has 20 heavy (non-hydrogen) atoms. The van der Waals surface area contributed by atoms with E-state index in [1.165, 1.54) is 6.08 Å². The second kappa shape index (κ2) is 3.87. The number of amides is 2. The van der Waals surface area contributed by atoms with Crippen LogP contribution >= 0.6 is 0 Å². The van der Waals surface area contributed by atoms with Crippen molar-refractivity contribution in [2.24, 2.45) is 4.99 Å². The molecule has 0 aliphatic carbocycles. The lowest BCUT2D eigenvalue weighted by Gasteiger charge is -2.17. The Hall–Kier alpha value is -2.75. The van der Waals surface area contributed by atoms with E-state index in [0.29, 0.717) is 11.8 Å². The Morgan fingerprint density at radius 3 is 2.65 bits per heavy atom. The summed E-state index contributed by atoms with van der Waals surface area (Å²) in [4.78, 5) is 29.4. The number of carbonyl (C=O) groups excluding carboxylic acids is 2. The third kappa shape index (κ3) is 1.45. The Morgan fingerprint density at radius 2 is 1.75 bits per heavy atom. The van der Waals surface area contributed by atoms with Crippen LogP contribution in [0.1, 0.15) is 5.56 Å². The van der Waals surface area contributed by atoms with E-state index in [2.05, 4.69) is 4.99 Å². The van der Waals surface area contributed by atoms with Crippen molar-refractivity contribution in [1.82, 2.24) is 0 Å². The minimum atomic E-state index is -0.271. The molecule has 2 aliphatic rings. The molecule has 4 nitrogen and oxygen atoms in total. The van der Waals surface area contributed by atoms with Crippen LogP contribution in [0.5, 0.6) is 0 Å². The van der Waals surface area contributed by atoms with Crippen LogP contribution in [0.3, 0.4) is 0 Å². The molecule has 0 spiro atoms. The first-order valence-corrected chi connectivity index (χ1v) is 6.38. The van der Waals surface area contributed by atoms with Crippen molar-refractivity contribution in [3.63, 3.8) is 0 Å². The zero-order valence-corrected chi connectivity index (χ0v) is 10.5. The van der Waals surface area contributed by atoms with Gasteiger partial charge in [0.05, 0.1) is 23.2 Å². The molecule has 2 amide bonds. The average molecular weight is 262 g/mol. The van der Waals surface area contributed by atoms with Crippen LogP contribution in [0.15, 0.2) is 47.5 Å². The van der Waals surface area contributed by atoms with E-state index in [4.69, 9.17) is 0 Å². The normalized spacial score (nSPS) is 15.7. The fourth-order valence-electron chi connectivity index (χ4n) is 2.77. The fraction of sp³-hybridized carbons (Fsp3) is 0.0625. The maximum absolute atomic E-state index is 12.3. The van der Waals surface area contributed by atoms with Gasteiger partial charge in [0.2, 0.25) is 5.91 Å². The molecule has 2 heterocycles. The van der Waals surface area contributed by atoms with E-state index >= 15 is 0 Å². The summed E-state index contributed by atoms with van der Waals surface area (Å²) in [6, 6.07) is 13.2. The zero-order chi connectivity index (χ0) is 13.7. The molecule has 0 radical (unpaired) electrons. The average Bonchev–Trinajstić information content (AvgIpc) is 2.96. The van der Waals surface area contributed by atoms with E-state index in [0.717, 1.165) is 22.2 Å². The predicted octanol–water partition coefficient (Wildman–Crippen LogP) is 0.848. The molecule has 0 unspecified atom stereocenters.